The summed E-state index contributed by atoms with van der Waals surface area (Å²) in [6.45, 7) is 1.92. The van der Waals surface area contributed by atoms with Gasteiger partial charge in [0.2, 0.25) is 0 Å². The van der Waals surface area contributed by atoms with Crippen molar-refractivity contribution in [3.63, 3.8) is 0 Å². The first-order valence-electron chi connectivity index (χ1n) is 4.30. The average molecular weight is 395 g/mol. The van der Waals surface area contributed by atoms with E-state index in [1.807, 2.05) is 6.92 Å². The molecular formula is C9H10BrF2IS. The fraction of sp³-hybridized carbons (Fsp3) is 0.556. The second-order valence-electron chi connectivity index (χ2n) is 3.04. The highest BCUT2D eigenvalue weighted by Crippen LogP contribution is 2.41. The van der Waals surface area contributed by atoms with Gasteiger partial charge in [-0.05, 0) is 51.0 Å². The molecule has 5 heteroatoms. The molecule has 0 fully saturated rings. The Morgan fingerprint density at radius 3 is 2.64 bits per heavy atom. The zero-order chi connectivity index (χ0) is 10.8. The van der Waals surface area contributed by atoms with Crippen LogP contribution in [0.25, 0.3) is 0 Å². The van der Waals surface area contributed by atoms with Crippen molar-refractivity contribution < 1.29 is 8.78 Å². The van der Waals surface area contributed by atoms with Crippen molar-refractivity contribution in [1.29, 1.82) is 0 Å². The quantitative estimate of drug-likeness (QED) is 0.600. The number of hydrogen-bond donors (Lipinski definition) is 0. The van der Waals surface area contributed by atoms with Crippen LogP contribution in [0.15, 0.2) is 9.85 Å². The van der Waals surface area contributed by atoms with E-state index in [2.05, 4.69) is 38.5 Å². The first kappa shape index (κ1) is 12.8. The molecule has 1 aromatic rings. The van der Waals surface area contributed by atoms with E-state index in [1.54, 1.807) is 6.07 Å². The van der Waals surface area contributed by atoms with Crippen LogP contribution in [0.2, 0.25) is 0 Å². The monoisotopic (exact) mass is 394 g/mol. The molecule has 0 radical (unpaired) electrons. The van der Waals surface area contributed by atoms with Crippen molar-refractivity contribution in [2.24, 2.45) is 0 Å². The predicted octanol–water partition coefficient (Wildman–Crippen LogP) is 5.40. The summed E-state index contributed by atoms with van der Waals surface area (Å²) >= 11 is 6.44. The summed E-state index contributed by atoms with van der Waals surface area (Å²) in [5.41, 5.74) is 0. The number of thiophene rings is 1. The molecule has 1 heterocycles. The van der Waals surface area contributed by atoms with E-state index in [0.717, 1.165) is 25.1 Å². The molecule has 0 atom stereocenters. The molecule has 80 valence electrons. The van der Waals surface area contributed by atoms with E-state index in [9.17, 15) is 8.78 Å². The first-order chi connectivity index (χ1) is 6.47. The van der Waals surface area contributed by atoms with Crippen molar-refractivity contribution >= 4 is 49.9 Å². The standard InChI is InChI=1S/C9H10BrF2IS/c1-2-3-4-9(11,12)7-5-6(13)8(10)14-7/h5H,2-4H2,1H3. The molecule has 0 bridgehead atoms. The van der Waals surface area contributed by atoms with Crippen LogP contribution in [-0.4, -0.2) is 0 Å². The van der Waals surface area contributed by atoms with Crippen LogP contribution in [0.4, 0.5) is 8.78 Å². The zero-order valence-electron chi connectivity index (χ0n) is 7.62. The van der Waals surface area contributed by atoms with Gasteiger partial charge in [0.15, 0.2) is 0 Å². The van der Waals surface area contributed by atoms with Crippen LogP contribution in [0.1, 0.15) is 31.1 Å². The fourth-order valence-electron chi connectivity index (χ4n) is 1.05. The molecule has 0 aliphatic carbocycles. The first-order valence-corrected chi connectivity index (χ1v) is 6.99. The molecule has 0 aliphatic heterocycles. The van der Waals surface area contributed by atoms with E-state index < -0.39 is 5.92 Å². The second kappa shape index (κ2) is 5.21. The van der Waals surface area contributed by atoms with Crippen molar-refractivity contribution in [3.8, 4) is 0 Å². The van der Waals surface area contributed by atoms with E-state index in [-0.39, 0.29) is 11.3 Å². The van der Waals surface area contributed by atoms with Gasteiger partial charge in [-0.3, -0.25) is 0 Å². The third kappa shape index (κ3) is 3.13. The Balaban J connectivity index is 2.80. The lowest BCUT2D eigenvalue weighted by molar-refractivity contribution is -0.0116. The van der Waals surface area contributed by atoms with Crippen LogP contribution in [-0.2, 0) is 5.92 Å². The van der Waals surface area contributed by atoms with Gasteiger partial charge in [0.1, 0.15) is 0 Å². The molecule has 0 aliphatic rings. The largest absolute Gasteiger partial charge is 0.282 e. The lowest BCUT2D eigenvalue weighted by atomic mass is 10.1. The van der Waals surface area contributed by atoms with E-state index in [0.29, 0.717) is 6.42 Å². The van der Waals surface area contributed by atoms with Gasteiger partial charge in [-0.2, -0.15) is 0 Å². The molecule has 0 amide bonds. The van der Waals surface area contributed by atoms with Gasteiger partial charge in [0, 0.05) is 9.99 Å². The van der Waals surface area contributed by atoms with E-state index in [4.69, 9.17) is 0 Å². The minimum Gasteiger partial charge on any atom is -0.200 e. The molecule has 14 heavy (non-hydrogen) atoms. The smallest absolute Gasteiger partial charge is 0.200 e. The van der Waals surface area contributed by atoms with Crippen LogP contribution in [0.5, 0.6) is 0 Å². The number of halogens is 4. The van der Waals surface area contributed by atoms with Gasteiger partial charge in [0.25, 0.3) is 5.92 Å². The van der Waals surface area contributed by atoms with Gasteiger partial charge in [-0.25, -0.2) is 8.78 Å². The Labute approximate surface area is 108 Å². The number of alkyl halides is 2. The summed E-state index contributed by atoms with van der Waals surface area (Å²) in [6, 6.07) is 1.56. The molecule has 0 saturated heterocycles. The highest BCUT2D eigenvalue weighted by molar-refractivity contribution is 14.1. The van der Waals surface area contributed by atoms with Gasteiger partial charge >= 0.3 is 0 Å². The number of unbranched alkanes of at least 4 members (excludes halogenated alkanes) is 1. The maximum absolute atomic E-state index is 13.5. The van der Waals surface area contributed by atoms with E-state index in [1.165, 1.54) is 0 Å². The molecule has 0 aromatic carbocycles. The van der Waals surface area contributed by atoms with Gasteiger partial charge in [0.05, 0.1) is 8.66 Å². The summed E-state index contributed by atoms with van der Waals surface area (Å²) in [5, 5.41) is 0. The third-order valence-corrected chi connectivity index (χ3v) is 5.76. The van der Waals surface area contributed by atoms with Gasteiger partial charge < -0.3 is 0 Å². The Bertz CT molecular complexity index is 292. The fourth-order valence-corrected chi connectivity index (χ4v) is 3.32. The Kier molecular flexibility index (Phi) is 4.77. The lowest BCUT2D eigenvalue weighted by Gasteiger charge is -2.13. The van der Waals surface area contributed by atoms with Crippen molar-refractivity contribution in [3.05, 3.63) is 18.3 Å². The van der Waals surface area contributed by atoms with Gasteiger partial charge in [-0.15, -0.1) is 11.3 Å². The molecule has 1 rings (SSSR count). The Hall–Kier alpha value is 0.770. The second-order valence-corrected chi connectivity index (χ2v) is 6.57. The SMILES string of the molecule is CCCCC(F)(F)c1cc(I)c(Br)s1. The molecule has 1 aromatic heterocycles. The average Bonchev–Trinajstić information content (AvgIpc) is 2.45. The van der Waals surface area contributed by atoms with Crippen molar-refractivity contribution in [2.75, 3.05) is 0 Å². The molecule has 0 unspecified atom stereocenters. The van der Waals surface area contributed by atoms with Crippen LogP contribution in [0.3, 0.4) is 0 Å². The zero-order valence-corrected chi connectivity index (χ0v) is 12.2. The lowest BCUT2D eigenvalue weighted by Crippen LogP contribution is -2.10. The van der Waals surface area contributed by atoms with Crippen molar-refractivity contribution in [1.82, 2.24) is 0 Å². The molecule has 0 nitrogen and oxygen atoms in total. The number of hydrogen-bond acceptors (Lipinski definition) is 1. The summed E-state index contributed by atoms with van der Waals surface area (Å²) in [5.74, 6) is -2.66. The minimum atomic E-state index is -2.66. The van der Waals surface area contributed by atoms with Crippen LogP contribution in [0, 0.1) is 3.57 Å². The van der Waals surface area contributed by atoms with Crippen LogP contribution >= 0.6 is 49.9 Å². The highest BCUT2D eigenvalue weighted by atomic mass is 127. The molecular weight excluding hydrogens is 385 g/mol. The maximum Gasteiger partial charge on any atom is 0.282 e. The molecule has 0 spiro atoms. The summed E-state index contributed by atoms with van der Waals surface area (Å²) in [4.78, 5) is 0.169. The highest BCUT2D eigenvalue weighted by Gasteiger charge is 2.33. The van der Waals surface area contributed by atoms with Gasteiger partial charge in [-0.1, -0.05) is 13.3 Å². The van der Waals surface area contributed by atoms with Crippen LogP contribution < -0.4 is 0 Å². The minimum absolute atomic E-state index is 0.0491. The summed E-state index contributed by atoms with van der Waals surface area (Å²) < 4.78 is 28.7. The van der Waals surface area contributed by atoms with Crippen molar-refractivity contribution in [2.45, 2.75) is 32.1 Å². The summed E-state index contributed by atoms with van der Waals surface area (Å²) in [7, 11) is 0. The molecule has 0 saturated carbocycles. The predicted molar refractivity (Wildman–Crippen MR) is 68.2 cm³/mol. The number of rotatable bonds is 4. The maximum atomic E-state index is 13.5. The molecule has 0 N–H and O–H groups in total. The third-order valence-electron chi connectivity index (χ3n) is 1.85. The Morgan fingerprint density at radius 1 is 1.57 bits per heavy atom. The Morgan fingerprint density at radius 2 is 2.21 bits per heavy atom. The topological polar surface area (TPSA) is 0 Å². The normalized spacial score (nSPS) is 12.1. The van der Waals surface area contributed by atoms with E-state index >= 15 is 0 Å². The summed E-state index contributed by atoms with van der Waals surface area (Å²) in [6.07, 6.45) is 1.32.